The topological polar surface area (TPSA) is 97.6 Å². The summed E-state index contributed by atoms with van der Waals surface area (Å²) >= 11 is 0. The third kappa shape index (κ3) is 5.31. The highest BCUT2D eigenvalue weighted by atomic mass is 16.5. The number of nitrogens with one attached hydrogen (secondary N) is 1. The molecule has 9 heteroatoms. The number of rotatable bonds is 11. The molecule has 1 amide bonds. The average Bonchev–Trinajstić information content (AvgIpc) is 3.35. The van der Waals surface area contributed by atoms with Gasteiger partial charge in [0.25, 0.3) is 5.91 Å². The van der Waals surface area contributed by atoms with Crippen molar-refractivity contribution in [1.29, 1.82) is 0 Å². The van der Waals surface area contributed by atoms with Gasteiger partial charge in [0.2, 0.25) is 0 Å². The van der Waals surface area contributed by atoms with Crippen LogP contribution in [0, 0.1) is 0 Å². The fraction of sp³-hybridized carbons (Fsp3) is 0.320. The van der Waals surface area contributed by atoms with E-state index < -0.39 is 0 Å². The monoisotopic (exact) mass is 471 g/mol. The Kier molecular flexibility index (Phi) is 8.13. The lowest BCUT2D eigenvalue weighted by Gasteiger charge is -2.15. The molecular weight excluding hydrogens is 442 g/mol. The number of amides is 1. The van der Waals surface area contributed by atoms with E-state index in [0.717, 1.165) is 5.56 Å². The summed E-state index contributed by atoms with van der Waals surface area (Å²) in [4.78, 5) is 12.8. The minimum Gasteiger partial charge on any atom is -0.496 e. The molecule has 0 aliphatic rings. The van der Waals surface area contributed by atoms with E-state index in [1.807, 2.05) is 0 Å². The van der Waals surface area contributed by atoms with Gasteiger partial charge in [-0.25, -0.2) is 0 Å². The van der Waals surface area contributed by atoms with Crippen molar-refractivity contribution in [3.05, 3.63) is 59.0 Å². The van der Waals surface area contributed by atoms with Crippen molar-refractivity contribution in [2.24, 2.45) is 0 Å². The summed E-state index contributed by atoms with van der Waals surface area (Å²) in [5.41, 5.74) is 1.46. The molecule has 0 unspecified atom stereocenters. The quantitative estimate of drug-likeness (QED) is 0.450. The van der Waals surface area contributed by atoms with Crippen molar-refractivity contribution in [2.45, 2.75) is 13.0 Å². The fourth-order valence-electron chi connectivity index (χ4n) is 3.53. The summed E-state index contributed by atoms with van der Waals surface area (Å²) in [5, 5.41) is 2.84. The van der Waals surface area contributed by atoms with E-state index >= 15 is 0 Å². The Morgan fingerprint density at radius 1 is 0.706 bits per heavy atom. The molecule has 182 valence electrons. The number of carbonyl (C=O) groups is 1. The molecule has 0 radical (unpaired) electrons. The molecule has 1 N–H and O–H groups in total. The van der Waals surface area contributed by atoms with Gasteiger partial charge < -0.3 is 38.2 Å². The van der Waals surface area contributed by atoms with Crippen molar-refractivity contribution >= 4 is 5.91 Å². The van der Waals surface area contributed by atoms with Crippen molar-refractivity contribution in [1.82, 2.24) is 5.32 Å². The van der Waals surface area contributed by atoms with Crippen molar-refractivity contribution in [3.8, 4) is 34.5 Å². The Hall–Kier alpha value is -4.01. The SMILES string of the molecule is COc1cc(OC)c(CNC(=O)c2ccc(Cc3c(OC)cc(OC)cc3OC)o2)c(OC)c1. The standard InChI is InChI=1S/C25H29NO8/c1-28-16-10-21(30-3)18(22(11-16)31-4)9-15-7-8-20(34-15)25(27)26-14-19-23(32-5)12-17(29-2)13-24(19)33-6/h7-8,10-13H,9,14H2,1-6H3,(H,26,27). The first-order chi connectivity index (χ1) is 16.5. The third-order valence-corrected chi connectivity index (χ3v) is 5.30. The highest BCUT2D eigenvalue weighted by Gasteiger charge is 2.19. The summed E-state index contributed by atoms with van der Waals surface area (Å²) in [6.07, 6.45) is 0.365. The summed E-state index contributed by atoms with van der Waals surface area (Å²) in [6, 6.07) is 10.4. The van der Waals surface area contributed by atoms with Crippen molar-refractivity contribution in [3.63, 3.8) is 0 Å². The number of furan rings is 1. The minimum atomic E-state index is -0.375. The van der Waals surface area contributed by atoms with Gasteiger partial charge in [0.1, 0.15) is 40.3 Å². The van der Waals surface area contributed by atoms with Crippen LogP contribution in [0.2, 0.25) is 0 Å². The predicted molar refractivity (Wildman–Crippen MR) is 125 cm³/mol. The molecule has 1 heterocycles. The molecule has 0 bridgehead atoms. The largest absolute Gasteiger partial charge is 0.496 e. The van der Waals surface area contributed by atoms with Crippen molar-refractivity contribution in [2.75, 3.05) is 42.7 Å². The summed E-state index contributed by atoms with van der Waals surface area (Å²) in [6.45, 7) is 0.172. The molecule has 3 rings (SSSR count). The van der Waals surface area contributed by atoms with Gasteiger partial charge in [-0.3, -0.25) is 4.79 Å². The molecule has 0 spiro atoms. The van der Waals surface area contributed by atoms with E-state index in [4.69, 9.17) is 32.8 Å². The Morgan fingerprint density at radius 3 is 1.62 bits per heavy atom. The van der Waals surface area contributed by atoms with E-state index in [1.165, 1.54) is 0 Å². The molecule has 9 nitrogen and oxygen atoms in total. The van der Waals surface area contributed by atoms with Crippen LogP contribution in [0.3, 0.4) is 0 Å². The fourth-order valence-corrected chi connectivity index (χ4v) is 3.53. The lowest BCUT2D eigenvalue weighted by atomic mass is 10.1. The van der Waals surface area contributed by atoms with Gasteiger partial charge in [0.15, 0.2) is 5.76 Å². The number of hydrogen-bond acceptors (Lipinski definition) is 8. The second-order valence-corrected chi connectivity index (χ2v) is 7.15. The first-order valence-corrected chi connectivity index (χ1v) is 10.4. The van der Waals surface area contributed by atoms with Crippen LogP contribution in [0.5, 0.6) is 34.5 Å². The van der Waals surface area contributed by atoms with Crippen LogP contribution < -0.4 is 33.7 Å². The van der Waals surface area contributed by atoms with Crippen LogP contribution in [0.15, 0.2) is 40.8 Å². The number of carbonyl (C=O) groups excluding carboxylic acids is 1. The lowest BCUT2D eigenvalue weighted by molar-refractivity contribution is 0.0921. The molecule has 0 fully saturated rings. The number of ether oxygens (including phenoxy) is 6. The Bertz CT molecular complexity index is 1090. The Labute approximate surface area is 198 Å². The van der Waals surface area contributed by atoms with Crippen LogP contribution in [0.4, 0.5) is 0 Å². The Morgan fingerprint density at radius 2 is 1.18 bits per heavy atom. The van der Waals surface area contributed by atoms with Crippen molar-refractivity contribution < 1.29 is 37.6 Å². The van der Waals surface area contributed by atoms with E-state index in [2.05, 4.69) is 5.32 Å². The smallest absolute Gasteiger partial charge is 0.287 e. The van der Waals surface area contributed by atoms with Gasteiger partial charge in [-0.2, -0.15) is 0 Å². The summed E-state index contributed by atoms with van der Waals surface area (Å²) in [5.74, 6) is 3.84. The van der Waals surface area contributed by atoms with Gasteiger partial charge in [0.05, 0.1) is 54.8 Å². The van der Waals surface area contributed by atoms with Gasteiger partial charge in [-0.05, 0) is 12.1 Å². The van der Waals surface area contributed by atoms with Crippen LogP contribution in [0.1, 0.15) is 27.4 Å². The number of methoxy groups -OCH3 is 6. The molecule has 34 heavy (non-hydrogen) atoms. The Balaban J connectivity index is 1.76. The predicted octanol–water partition coefficient (Wildman–Crippen LogP) is 3.85. The van der Waals surface area contributed by atoms with Crippen LogP contribution in [0.25, 0.3) is 0 Å². The summed E-state index contributed by atoms with van der Waals surface area (Å²) < 4.78 is 38.2. The molecule has 3 aromatic rings. The number of benzene rings is 2. The highest BCUT2D eigenvalue weighted by Crippen LogP contribution is 2.36. The first kappa shape index (κ1) is 24.6. The minimum absolute atomic E-state index is 0.172. The highest BCUT2D eigenvalue weighted by molar-refractivity contribution is 5.91. The van der Waals surface area contributed by atoms with E-state index in [1.54, 1.807) is 79.1 Å². The zero-order chi connectivity index (χ0) is 24.7. The molecule has 0 saturated heterocycles. The van der Waals surface area contributed by atoms with Gasteiger partial charge >= 0.3 is 0 Å². The third-order valence-electron chi connectivity index (χ3n) is 5.30. The summed E-state index contributed by atoms with van der Waals surface area (Å²) in [7, 11) is 9.35. The molecule has 2 aromatic carbocycles. The molecular formula is C25H29NO8. The first-order valence-electron chi connectivity index (χ1n) is 10.4. The molecule has 1 aromatic heterocycles. The van der Waals surface area contributed by atoms with E-state index in [9.17, 15) is 4.79 Å². The zero-order valence-corrected chi connectivity index (χ0v) is 20.1. The number of hydrogen-bond donors (Lipinski definition) is 1. The van der Waals surface area contributed by atoms with Crippen LogP contribution in [-0.2, 0) is 13.0 Å². The second kappa shape index (κ2) is 11.2. The second-order valence-electron chi connectivity index (χ2n) is 7.15. The lowest BCUT2D eigenvalue weighted by Crippen LogP contribution is -2.23. The molecule has 0 aliphatic carbocycles. The zero-order valence-electron chi connectivity index (χ0n) is 20.1. The maximum absolute atomic E-state index is 12.8. The maximum atomic E-state index is 12.8. The molecule has 0 aliphatic heterocycles. The van der Waals surface area contributed by atoms with Crippen LogP contribution in [-0.4, -0.2) is 48.6 Å². The van der Waals surface area contributed by atoms with Gasteiger partial charge in [0, 0.05) is 36.2 Å². The molecule has 0 atom stereocenters. The normalized spacial score (nSPS) is 10.4. The van der Waals surface area contributed by atoms with Crippen LogP contribution >= 0.6 is 0 Å². The van der Waals surface area contributed by atoms with Gasteiger partial charge in [-0.1, -0.05) is 0 Å². The maximum Gasteiger partial charge on any atom is 0.287 e. The average molecular weight is 472 g/mol. The van der Waals surface area contributed by atoms with E-state index in [0.29, 0.717) is 52.2 Å². The molecule has 0 saturated carbocycles. The van der Waals surface area contributed by atoms with Gasteiger partial charge in [-0.15, -0.1) is 0 Å². The van der Waals surface area contributed by atoms with E-state index in [-0.39, 0.29) is 18.2 Å².